The Labute approximate surface area is 102 Å². The Morgan fingerprint density at radius 3 is 2.56 bits per heavy atom. The van der Waals surface area contributed by atoms with Crippen LogP contribution in [-0.4, -0.2) is 19.6 Å². The van der Waals surface area contributed by atoms with Gasteiger partial charge in [0.15, 0.2) is 11.5 Å². The summed E-state index contributed by atoms with van der Waals surface area (Å²) in [6.45, 7) is 1.68. The van der Waals surface area contributed by atoms with Crippen molar-refractivity contribution in [3.63, 3.8) is 0 Å². The van der Waals surface area contributed by atoms with Crippen LogP contribution < -0.4 is 9.47 Å². The van der Waals surface area contributed by atoms with Gasteiger partial charge in [-0.3, -0.25) is 0 Å². The molecule has 1 rings (SSSR count). The van der Waals surface area contributed by atoms with Crippen molar-refractivity contribution in [2.75, 3.05) is 13.2 Å². The van der Waals surface area contributed by atoms with E-state index in [0.29, 0.717) is 23.4 Å². The third kappa shape index (κ3) is 3.96. The molecule has 1 aromatic rings. The first-order valence-corrected chi connectivity index (χ1v) is 6.02. The molecule has 5 heteroatoms. The van der Waals surface area contributed by atoms with Gasteiger partial charge < -0.3 is 9.47 Å². The zero-order valence-electron chi connectivity index (χ0n) is 8.88. The number of ether oxygens (including phenoxy) is 2. The van der Waals surface area contributed by atoms with E-state index in [1.807, 2.05) is 6.92 Å². The van der Waals surface area contributed by atoms with E-state index in [1.165, 1.54) is 0 Å². The van der Waals surface area contributed by atoms with Crippen LogP contribution in [0.4, 0.5) is 8.78 Å². The lowest BCUT2D eigenvalue weighted by atomic mass is 10.2. The number of rotatable bonds is 6. The number of hydrogen-bond acceptors (Lipinski definition) is 2. The lowest BCUT2D eigenvalue weighted by Crippen LogP contribution is -2.08. The second kappa shape index (κ2) is 6.68. The van der Waals surface area contributed by atoms with Gasteiger partial charge in [0.2, 0.25) is 0 Å². The highest BCUT2D eigenvalue weighted by Crippen LogP contribution is 2.29. The van der Waals surface area contributed by atoms with Gasteiger partial charge in [-0.2, -0.15) is 0 Å². The Hall–Kier alpha value is -0.840. The quantitative estimate of drug-likeness (QED) is 0.746. The predicted molar refractivity (Wildman–Crippen MR) is 61.7 cm³/mol. The summed E-state index contributed by atoms with van der Waals surface area (Å²) in [6.07, 6.45) is -2.48. The van der Waals surface area contributed by atoms with E-state index in [0.717, 1.165) is 5.56 Å². The molecule has 90 valence electrons. The summed E-state index contributed by atoms with van der Waals surface area (Å²) in [4.78, 5) is 0. The normalized spacial score (nSPS) is 10.6. The number of halogens is 3. The van der Waals surface area contributed by atoms with Crippen LogP contribution in [0.5, 0.6) is 11.5 Å². The van der Waals surface area contributed by atoms with E-state index in [-0.39, 0.29) is 0 Å². The first-order chi connectivity index (χ1) is 7.67. The second-order valence-corrected chi connectivity index (χ2v) is 3.61. The molecule has 0 spiro atoms. The molecule has 1 aromatic carbocycles. The van der Waals surface area contributed by atoms with E-state index in [1.54, 1.807) is 18.2 Å². The van der Waals surface area contributed by atoms with Crippen molar-refractivity contribution in [3.8, 4) is 11.5 Å². The fourth-order valence-corrected chi connectivity index (χ4v) is 1.52. The van der Waals surface area contributed by atoms with Crippen LogP contribution in [0.3, 0.4) is 0 Å². The topological polar surface area (TPSA) is 18.5 Å². The molecular formula is C11H13BrF2O2. The van der Waals surface area contributed by atoms with Crippen LogP contribution in [0, 0.1) is 0 Å². The molecule has 0 unspecified atom stereocenters. The Balaban J connectivity index is 2.80. The van der Waals surface area contributed by atoms with E-state index >= 15 is 0 Å². The molecule has 0 fully saturated rings. The monoisotopic (exact) mass is 294 g/mol. The number of benzene rings is 1. The highest BCUT2D eigenvalue weighted by atomic mass is 79.9. The van der Waals surface area contributed by atoms with Crippen LogP contribution in [-0.2, 0) is 5.33 Å². The van der Waals surface area contributed by atoms with Crippen molar-refractivity contribution in [3.05, 3.63) is 23.8 Å². The average Bonchev–Trinajstić information content (AvgIpc) is 2.27. The average molecular weight is 295 g/mol. The molecule has 2 nitrogen and oxygen atoms in total. The summed E-state index contributed by atoms with van der Waals surface area (Å²) in [5.74, 6) is 0.854. The lowest BCUT2D eigenvalue weighted by Gasteiger charge is -2.12. The largest absolute Gasteiger partial charge is 0.490 e. The maximum Gasteiger partial charge on any atom is 0.272 e. The van der Waals surface area contributed by atoms with Crippen molar-refractivity contribution in [2.45, 2.75) is 18.7 Å². The third-order valence-corrected chi connectivity index (χ3v) is 2.47. The molecule has 0 bridgehead atoms. The fraction of sp³-hybridized carbons (Fsp3) is 0.455. The van der Waals surface area contributed by atoms with Crippen molar-refractivity contribution in [2.24, 2.45) is 0 Å². The Kier molecular flexibility index (Phi) is 5.52. The Bertz CT molecular complexity index is 332. The van der Waals surface area contributed by atoms with Crippen LogP contribution >= 0.6 is 15.9 Å². The number of hydrogen-bond donors (Lipinski definition) is 0. The minimum absolute atomic E-state index is 0.354. The molecule has 0 heterocycles. The van der Waals surface area contributed by atoms with Gasteiger partial charge in [0.25, 0.3) is 6.43 Å². The van der Waals surface area contributed by atoms with Crippen molar-refractivity contribution >= 4 is 15.9 Å². The molecule has 0 saturated carbocycles. The van der Waals surface area contributed by atoms with E-state index in [9.17, 15) is 8.78 Å². The van der Waals surface area contributed by atoms with E-state index in [4.69, 9.17) is 9.47 Å². The van der Waals surface area contributed by atoms with Crippen molar-refractivity contribution < 1.29 is 18.3 Å². The van der Waals surface area contributed by atoms with Gasteiger partial charge in [0, 0.05) is 5.33 Å². The summed E-state index contributed by atoms with van der Waals surface area (Å²) in [5.41, 5.74) is 1.01. The minimum atomic E-state index is -2.48. The van der Waals surface area contributed by atoms with Gasteiger partial charge in [0.05, 0.1) is 6.61 Å². The van der Waals surface area contributed by atoms with Crippen LogP contribution in [0.2, 0.25) is 0 Å². The zero-order chi connectivity index (χ0) is 12.0. The molecule has 16 heavy (non-hydrogen) atoms. The van der Waals surface area contributed by atoms with Crippen LogP contribution in [0.15, 0.2) is 18.2 Å². The molecule has 0 aromatic heterocycles. The van der Waals surface area contributed by atoms with Gasteiger partial charge in [-0.25, -0.2) is 8.78 Å². The summed E-state index contributed by atoms with van der Waals surface area (Å²) < 4.78 is 34.3. The van der Waals surface area contributed by atoms with Crippen LogP contribution in [0.1, 0.15) is 12.5 Å². The molecule has 0 N–H and O–H groups in total. The van der Waals surface area contributed by atoms with E-state index < -0.39 is 13.0 Å². The summed E-state index contributed by atoms with van der Waals surface area (Å²) >= 11 is 3.31. The molecular weight excluding hydrogens is 282 g/mol. The number of alkyl halides is 3. The molecule has 0 aliphatic heterocycles. The Morgan fingerprint density at radius 2 is 2.00 bits per heavy atom. The molecule has 0 radical (unpaired) electrons. The molecule has 0 aliphatic carbocycles. The van der Waals surface area contributed by atoms with E-state index in [2.05, 4.69) is 15.9 Å². The van der Waals surface area contributed by atoms with Crippen molar-refractivity contribution in [1.29, 1.82) is 0 Å². The summed E-state index contributed by atoms with van der Waals surface area (Å²) in [5, 5.41) is 0.683. The maximum atomic E-state index is 12.0. The molecule has 0 amide bonds. The van der Waals surface area contributed by atoms with Crippen LogP contribution in [0.25, 0.3) is 0 Å². The minimum Gasteiger partial charge on any atom is -0.490 e. The summed E-state index contributed by atoms with van der Waals surface area (Å²) in [6, 6.07) is 5.22. The predicted octanol–water partition coefficient (Wildman–Crippen LogP) is 3.62. The highest BCUT2D eigenvalue weighted by Gasteiger charge is 2.09. The first-order valence-electron chi connectivity index (χ1n) is 4.90. The van der Waals surface area contributed by atoms with Gasteiger partial charge in [-0.05, 0) is 24.6 Å². The molecule has 0 saturated heterocycles. The standard InChI is InChI=1S/C11H13BrF2O2/c1-2-15-10-5-8(6-12)3-4-9(10)16-7-11(13)14/h3-5,11H,2,6-7H2,1H3. The van der Waals surface area contributed by atoms with Gasteiger partial charge in [-0.15, -0.1) is 0 Å². The Morgan fingerprint density at radius 1 is 1.25 bits per heavy atom. The lowest BCUT2D eigenvalue weighted by molar-refractivity contribution is 0.0801. The third-order valence-electron chi connectivity index (χ3n) is 1.83. The molecule has 0 atom stereocenters. The van der Waals surface area contributed by atoms with Gasteiger partial charge in [-0.1, -0.05) is 22.0 Å². The second-order valence-electron chi connectivity index (χ2n) is 3.05. The zero-order valence-corrected chi connectivity index (χ0v) is 10.5. The molecule has 0 aliphatic rings. The SMILES string of the molecule is CCOc1cc(CBr)ccc1OCC(F)F. The van der Waals surface area contributed by atoms with Gasteiger partial charge >= 0.3 is 0 Å². The van der Waals surface area contributed by atoms with Gasteiger partial charge in [0.1, 0.15) is 6.61 Å². The summed E-state index contributed by atoms with van der Waals surface area (Å²) in [7, 11) is 0. The smallest absolute Gasteiger partial charge is 0.272 e. The first kappa shape index (κ1) is 13.2. The maximum absolute atomic E-state index is 12.0. The van der Waals surface area contributed by atoms with Crippen molar-refractivity contribution in [1.82, 2.24) is 0 Å². The highest BCUT2D eigenvalue weighted by molar-refractivity contribution is 9.08. The fourth-order valence-electron chi connectivity index (χ4n) is 1.18.